The standard InChI is InChI=1S/C18H17FN4O2/c1-11-7-20-10-16(19)25-15-3-2-12-4-5-23-17(13(15)6-12)14(9-22-23)18(24)21-8-11/h4-7,9-11H,2-3,8H2,1H3,(H,21,24)/t11-/m1/s1. The van der Waals surface area contributed by atoms with Crippen molar-refractivity contribution in [2.45, 2.75) is 19.8 Å². The molecule has 128 valence electrons. The number of hydrogen-bond donors (Lipinski definition) is 1. The van der Waals surface area contributed by atoms with Crippen LogP contribution >= 0.6 is 0 Å². The predicted molar refractivity (Wildman–Crippen MR) is 92.1 cm³/mol. The molecule has 1 amide bonds. The summed E-state index contributed by atoms with van der Waals surface area (Å²) in [5.74, 6) is 0.202. The normalized spacial score (nSPS) is 22.6. The van der Waals surface area contributed by atoms with Gasteiger partial charge in [0.15, 0.2) is 0 Å². The molecule has 7 heteroatoms. The Balaban J connectivity index is 1.89. The minimum absolute atomic E-state index is 0.0445. The summed E-state index contributed by atoms with van der Waals surface area (Å²) in [6, 6.07) is -0.772. The molecule has 0 saturated carbocycles. The van der Waals surface area contributed by atoms with Crippen molar-refractivity contribution in [2.75, 3.05) is 6.54 Å². The van der Waals surface area contributed by atoms with Crippen molar-refractivity contribution < 1.29 is 13.9 Å². The van der Waals surface area contributed by atoms with E-state index in [4.69, 9.17) is 4.74 Å². The third-order valence-electron chi connectivity index (χ3n) is 4.32. The van der Waals surface area contributed by atoms with E-state index in [2.05, 4.69) is 15.4 Å². The van der Waals surface area contributed by atoms with Crippen LogP contribution < -0.4 is 5.32 Å². The number of nitrogens with one attached hydrogen (secondary N) is 1. The average Bonchev–Trinajstić information content (AvgIpc) is 2.96. The number of halogens is 1. The molecule has 1 N–H and O–H groups in total. The Morgan fingerprint density at radius 3 is 3.16 bits per heavy atom. The van der Waals surface area contributed by atoms with Gasteiger partial charge in [0.1, 0.15) is 5.76 Å². The van der Waals surface area contributed by atoms with Gasteiger partial charge in [-0.25, -0.2) is 4.68 Å². The second kappa shape index (κ2) is 6.16. The number of carbonyl (C=O) groups is 1. The summed E-state index contributed by atoms with van der Waals surface area (Å²) in [6.07, 6.45) is 11.1. The monoisotopic (exact) mass is 340 g/mol. The van der Waals surface area contributed by atoms with Gasteiger partial charge in [0.2, 0.25) is 0 Å². The highest BCUT2D eigenvalue weighted by molar-refractivity contribution is 6.00. The van der Waals surface area contributed by atoms with Crippen molar-refractivity contribution in [1.82, 2.24) is 15.1 Å². The lowest BCUT2D eigenvalue weighted by atomic mass is 9.94. The predicted octanol–water partition coefficient (Wildman–Crippen LogP) is 3.03. The first kappa shape index (κ1) is 15.6. The van der Waals surface area contributed by atoms with Crippen LogP contribution in [0.15, 0.2) is 46.9 Å². The van der Waals surface area contributed by atoms with Gasteiger partial charge in [0.25, 0.3) is 11.9 Å². The number of ether oxygens (including phenoxy) is 1. The maximum absolute atomic E-state index is 14.1. The molecule has 25 heavy (non-hydrogen) atoms. The molecule has 0 fully saturated rings. The zero-order valence-corrected chi connectivity index (χ0v) is 13.7. The zero-order valence-electron chi connectivity index (χ0n) is 13.7. The smallest absolute Gasteiger partial charge is 0.296 e. The van der Waals surface area contributed by atoms with Gasteiger partial charge >= 0.3 is 0 Å². The van der Waals surface area contributed by atoms with Crippen molar-refractivity contribution in [3.05, 3.63) is 53.2 Å². The molecule has 6 nitrogen and oxygen atoms in total. The number of rotatable bonds is 0. The van der Waals surface area contributed by atoms with Gasteiger partial charge in [-0.2, -0.15) is 9.49 Å². The van der Waals surface area contributed by atoms with Crippen LogP contribution in [0.2, 0.25) is 0 Å². The van der Waals surface area contributed by atoms with Crippen LogP contribution in [0.1, 0.15) is 35.8 Å². The van der Waals surface area contributed by atoms with Gasteiger partial charge in [-0.05, 0) is 24.1 Å². The summed E-state index contributed by atoms with van der Waals surface area (Å²) in [7, 11) is 0. The maximum Gasteiger partial charge on any atom is 0.296 e. The zero-order chi connectivity index (χ0) is 17.4. The van der Waals surface area contributed by atoms with E-state index in [1.165, 1.54) is 6.20 Å². The van der Waals surface area contributed by atoms with E-state index in [9.17, 15) is 9.18 Å². The van der Waals surface area contributed by atoms with E-state index < -0.39 is 6.01 Å². The van der Waals surface area contributed by atoms with Gasteiger partial charge in [0.05, 0.1) is 23.7 Å². The van der Waals surface area contributed by atoms with Crippen molar-refractivity contribution in [3.8, 4) is 0 Å². The van der Waals surface area contributed by atoms with Crippen LogP contribution in [-0.4, -0.2) is 28.4 Å². The summed E-state index contributed by atoms with van der Waals surface area (Å²) in [5, 5.41) is 7.16. The fourth-order valence-corrected chi connectivity index (χ4v) is 3.04. The van der Waals surface area contributed by atoms with E-state index >= 15 is 0 Å². The molecule has 0 radical (unpaired) electrons. The molecule has 1 atom stereocenters. The van der Waals surface area contributed by atoms with Crippen LogP contribution in [0.5, 0.6) is 0 Å². The summed E-state index contributed by atoms with van der Waals surface area (Å²) in [5.41, 5.74) is 2.81. The quantitative estimate of drug-likeness (QED) is 0.789. The molecule has 1 aromatic rings. The largest absolute Gasteiger partial charge is 0.434 e. The highest BCUT2D eigenvalue weighted by atomic mass is 19.1. The van der Waals surface area contributed by atoms with Crippen LogP contribution in [0.3, 0.4) is 0 Å². The minimum Gasteiger partial charge on any atom is -0.434 e. The van der Waals surface area contributed by atoms with Crippen molar-refractivity contribution in [1.29, 1.82) is 0 Å². The van der Waals surface area contributed by atoms with E-state index in [-0.39, 0.29) is 11.8 Å². The molecule has 1 aromatic heterocycles. The Labute approximate surface area is 144 Å². The van der Waals surface area contributed by atoms with E-state index in [1.807, 2.05) is 25.3 Å². The highest BCUT2D eigenvalue weighted by Crippen LogP contribution is 2.37. The second-order valence-electron chi connectivity index (χ2n) is 6.24. The molecule has 4 rings (SSSR count). The van der Waals surface area contributed by atoms with Crippen LogP contribution in [0.25, 0.3) is 11.8 Å². The summed E-state index contributed by atoms with van der Waals surface area (Å²) < 4.78 is 21.2. The van der Waals surface area contributed by atoms with E-state index in [0.29, 0.717) is 35.6 Å². The van der Waals surface area contributed by atoms with Crippen LogP contribution in [0, 0.1) is 5.92 Å². The fourth-order valence-electron chi connectivity index (χ4n) is 3.04. The fraction of sp³-hybridized carbons (Fsp3) is 0.278. The summed E-state index contributed by atoms with van der Waals surface area (Å²) >= 11 is 0. The average molecular weight is 340 g/mol. The van der Waals surface area contributed by atoms with E-state index in [0.717, 1.165) is 18.2 Å². The molecule has 0 spiro atoms. The molecule has 3 heterocycles. The Morgan fingerprint density at radius 2 is 2.28 bits per heavy atom. The summed E-state index contributed by atoms with van der Waals surface area (Å²) in [4.78, 5) is 16.6. The van der Waals surface area contributed by atoms with Crippen LogP contribution in [-0.2, 0) is 4.74 Å². The first-order valence-electron chi connectivity index (χ1n) is 8.16. The topological polar surface area (TPSA) is 68.5 Å². The number of nitrogens with zero attached hydrogens (tertiary/aromatic N) is 3. The lowest BCUT2D eigenvalue weighted by Gasteiger charge is -2.18. The molecule has 0 unspecified atom stereocenters. The highest BCUT2D eigenvalue weighted by Gasteiger charge is 2.27. The Morgan fingerprint density at radius 1 is 1.40 bits per heavy atom. The second-order valence-corrected chi connectivity index (χ2v) is 6.24. The SMILES string of the molecule is C[C@@H]1C=NC=C(F)OC2=C3C=C(C=Cn4ncc(c43)C(=O)NC1)CC2. The molecule has 2 bridgehead atoms. The number of aliphatic imine (C=N–C) groups is 1. The Hall–Kier alpha value is -2.96. The molecule has 0 aromatic carbocycles. The summed E-state index contributed by atoms with van der Waals surface area (Å²) in [6.45, 7) is 2.28. The lowest BCUT2D eigenvalue weighted by Crippen LogP contribution is -2.29. The third kappa shape index (κ3) is 2.93. The molecule has 0 saturated heterocycles. The minimum atomic E-state index is -0.772. The molecule has 3 aliphatic rings. The van der Waals surface area contributed by atoms with Crippen molar-refractivity contribution >= 4 is 23.9 Å². The Bertz CT molecular complexity index is 889. The first-order chi connectivity index (χ1) is 12.1. The van der Waals surface area contributed by atoms with Crippen molar-refractivity contribution in [2.24, 2.45) is 10.9 Å². The number of hydrogen-bond acceptors (Lipinski definition) is 4. The van der Waals surface area contributed by atoms with Gasteiger partial charge in [-0.15, -0.1) is 0 Å². The maximum atomic E-state index is 14.1. The van der Waals surface area contributed by atoms with E-state index in [1.54, 1.807) is 10.9 Å². The van der Waals surface area contributed by atoms with Crippen LogP contribution in [0.4, 0.5) is 4.39 Å². The number of amides is 1. The van der Waals surface area contributed by atoms with Gasteiger partial charge in [-0.3, -0.25) is 9.79 Å². The molecular weight excluding hydrogens is 323 g/mol. The number of aromatic nitrogens is 2. The van der Waals surface area contributed by atoms with Crippen molar-refractivity contribution in [3.63, 3.8) is 0 Å². The Kier molecular flexibility index (Phi) is 3.83. The number of allylic oxidation sites excluding steroid dienone is 5. The lowest BCUT2D eigenvalue weighted by molar-refractivity contribution is 0.0951. The molecular formula is C18H17FN4O2. The molecule has 2 aliphatic heterocycles. The first-order valence-corrected chi connectivity index (χ1v) is 8.16. The third-order valence-corrected chi connectivity index (χ3v) is 4.32. The number of carbonyl (C=O) groups excluding carboxylic acids is 1. The molecule has 1 aliphatic carbocycles. The van der Waals surface area contributed by atoms with Gasteiger partial charge < -0.3 is 10.1 Å². The van der Waals surface area contributed by atoms with Gasteiger partial charge in [0, 0.05) is 36.9 Å². The van der Waals surface area contributed by atoms with Gasteiger partial charge in [-0.1, -0.05) is 6.92 Å².